The molecule has 0 radical (unpaired) electrons. The van der Waals surface area contributed by atoms with Crippen LogP contribution in [0.2, 0.25) is 0 Å². The van der Waals surface area contributed by atoms with Crippen LogP contribution in [0.4, 0.5) is 0 Å². The van der Waals surface area contributed by atoms with Crippen molar-refractivity contribution < 1.29 is 123 Å². The molecule has 0 aromatic heterocycles. The first-order valence-electron chi connectivity index (χ1n) is 28.3. The zero-order valence-electron chi connectivity index (χ0n) is 46.2. The van der Waals surface area contributed by atoms with Gasteiger partial charge in [0, 0.05) is 26.4 Å². The molecule has 33 atom stereocenters. The zero-order valence-corrected chi connectivity index (χ0v) is 46.2. The minimum Gasteiger partial charge on any atom is -0.454 e. The van der Waals surface area contributed by atoms with E-state index in [-0.39, 0.29) is 28.8 Å². The summed E-state index contributed by atoms with van der Waals surface area (Å²) in [6.45, 7) is 11.2. The van der Waals surface area contributed by atoms with Crippen molar-refractivity contribution in [3.63, 3.8) is 0 Å². The van der Waals surface area contributed by atoms with E-state index < -0.39 is 185 Å². The summed E-state index contributed by atoms with van der Waals surface area (Å²) in [6.07, 6.45) is -25.6. The van der Waals surface area contributed by atoms with Crippen LogP contribution in [-0.2, 0) is 61.6 Å². The summed E-state index contributed by atoms with van der Waals surface area (Å²) in [6, 6.07) is 0. The molecule has 0 aromatic carbocycles. The third-order valence-corrected chi connectivity index (χ3v) is 19.7. The van der Waals surface area contributed by atoms with Crippen molar-refractivity contribution in [3.8, 4) is 0 Å². The molecule has 8 fully saturated rings. The van der Waals surface area contributed by atoms with Gasteiger partial charge in [-0.1, -0.05) is 25.5 Å². The Balaban J connectivity index is 0.823. The molecule has 12 N–H and O–H groups in total. The quantitative estimate of drug-likeness (QED) is 0.0608. The highest BCUT2D eigenvalue weighted by atomic mass is 16.8. The summed E-state index contributed by atoms with van der Waals surface area (Å²) in [5.41, 5.74) is 0.865. The molecular formula is C54H88O25. The summed E-state index contributed by atoms with van der Waals surface area (Å²) in [5.74, 6) is -0.318. The van der Waals surface area contributed by atoms with Gasteiger partial charge in [-0.15, -0.1) is 0 Å². The van der Waals surface area contributed by atoms with E-state index in [9.17, 15) is 66.1 Å². The minimum atomic E-state index is -1.90. The van der Waals surface area contributed by atoms with Crippen molar-refractivity contribution >= 4 is 5.97 Å². The molecule has 0 spiro atoms. The second-order valence-corrected chi connectivity index (χ2v) is 24.5. The van der Waals surface area contributed by atoms with Gasteiger partial charge in [-0.25, -0.2) is 0 Å². The predicted octanol–water partition coefficient (Wildman–Crippen LogP) is -2.26. The Kier molecular flexibility index (Phi) is 19.3. The maximum atomic E-state index is 12.1. The first-order chi connectivity index (χ1) is 37.3. The number of hydrogen-bond acceptors (Lipinski definition) is 25. The molecule has 5 saturated heterocycles. The number of hydrogen-bond donors (Lipinski definition) is 12. The number of aliphatic hydroxyl groups is 12. The second kappa shape index (κ2) is 24.7. The average molecular weight is 1140 g/mol. The van der Waals surface area contributed by atoms with Crippen molar-refractivity contribution in [1.82, 2.24) is 0 Å². The highest BCUT2D eigenvalue weighted by Gasteiger charge is 2.63. The maximum absolute atomic E-state index is 12.1. The topological polar surface area (TPSA) is 371 Å². The van der Waals surface area contributed by atoms with Gasteiger partial charge in [0.15, 0.2) is 37.6 Å². The predicted molar refractivity (Wildman–Crippen MR) is 266 cm³/mol. The van der Waals surface area contributed by atoms with Crippen LogP contribution in [-0.4, -0.2) is 253 Å². The molecular weight excluding hydrogens is 1050 g/mol. The highest BCUT2D eigenvalue weighted by molar-refractivity contribution is 5.66. The normalized spacial score (nSPS) is 53.5. The molecule has 0 aromatic rings. The van der Waals surface area contributed by atoms with Crippen LogP contribution >= 0.6 is 0 Å². The van der Waals surface area contributed by atoms with Gasteiger partial charge in [0.05, 0.1) is 55.9 Å². The van der Waals surface area contributed by atoms with Crippen LogP contribution in [0.3, 0.4) is 0 Å². The van der Waals surface area contributed by atoms with Gasteiger partial charge >= 0.3 is 5.97 Å². The van der Waals surface area contributed by atoms with E-state index in [1.807, 2.05) is 13.8 Å². The molecule has 25 nitrogen and oxygen atoms in total. The van der Waals surface area contributed by atoms with E-state index in [2.05, 4.69) is 19.9 Å². The van der Waals surface area contributed by atoms with Crippen molar-refractivity contribution in [2.45, 2.75) is 266 Å². The number of esters is 1. The number of carbonyl (C=O) groups is 1. The summed E-state index contributed by atoms with van der Waals surface area (Å²) >= 11 is 0. The molecule has 0 amide bonds. The Morgan fingerprint density at radius 2 is 1.28 bits per heavy atom. The largest absolute Gasteiger partial charge is 0.454 e. The number of carbonyl (C=O) groups excluding carboxylic acids is 1. The van der Waals surface area contributed by atoms with Gasteiger partial charge in [-0.2, -0.15) is 0 Å². The lowest BCUT2D eigenvalue weighted by atomic mass is 9.47. The summed E-state index contributed by atoms with van der Waals surface area (Å²) in [7, 11) is 1.57. The maximum Gasteiger partial charge on any atom is 0.303 e. The van der Waals surface area contributed by atoms with Crippen LogP contribution in [0.25, 0.3) is 0 Å². The molecule has 33 unspecified atom stereocenters. The SMILES string of the molecule is COC1CC(OC2CCC3(C)C(=CCC4C3CCC3(C)C4CC(O)C3C(C)OC3OC(C)C(O)C(O)C3OC3OC(COC4OC(CO)C(O)C(O)C4O)C(O)C(O)C3O)C2)OC(C)C1OC1OC(C)C(O)C(O)C1OC(C)=O. The van der Waals surface area contributed by atoms with Crippen LogP contribution in [0.5, 0.6) is 0 Å². The number of aliphatic hydroxyl groups excluding tert-OH is 12. The average Bonchev–Trinajstić information content (AvgIpc) is 3.98. The summed E-state index contributed by atoms with van der Waals surface area (Å²) < 4.78 is 72.3. The van der Waals surface area contributed by atoms with Gasteiger partial charge in [0.1, 0.15) is 85.5 Å². The Hall–Kier alpha value is -1.71. The van der Waals surface area contributed by atoms with Crippen molar-refractivity contribution in [1.29, 1.82) is 0 Å². The van der Waals surface area contributed by atoms with E-state index in [0.717, 1.165) is 38.5 Å². The molecule has 5 aliphatic heterocycles. The number of allylic oxidation sites excluding steroid dienone is 1. The van der Waals surface area contributed by atoms with Crippen LogP contribution in [0.15, 0.2) is 11.6 Å². The highest BCUT2D eigenvalue weighted by Crippen LogP contribution is 2.67. The van der Waals surface area contributed by atoms with E-state index in [1.165, 1.54) is 12.5 Å². The Bertz CT molecular complexity index is 2070. The molecule has 5 heterocycles. The Morgan fingerprint density at radius 3 is 1.94 bits per heavy atom. The number of rotatable bonds is 15. The molecule has 79 heavy (non-hydrogen) atoms. The Labute approximate surface area is 459 Å². The standard InChI is InChI=1S/C54H88O25/c1-20(71-51-48(43(65)37(59)21(2)72-51)79-50-45(67)41(63)39(61)33(77-50)19-69-49-44(66)40(62)38(60)32(18-55)76-49)35-30(57)16-29-27-10-9-25-15-26(11-13-53(25,6)28(27)12-14-54(29,35)7)75-34-17-31(68-8)46(23(4)70-34)78-52-47(74-24(5)56)42(64)36(58)22(3)73-52/h9,20-23,26-52,55,57-67H,10-19H2,1-8H3. The third kappa shape index (κ3) is 11.9. The lowest BCUT2D eigenvalue weighted by Crippen LogP contribution is -2.65. The lowest BCUT2D eigenvalue weighted by Gasteiger charge is -2.58. The smallest absolute Gasteiger partial charge is 0.303 e. The fourth-order valence-electron chi connectivity index (χ4n) is 15.2. The van der Waals surface area contributed by atoms with E-state index in [0.29, 0.717) is 18.8 Å². The minimum absolute atomic E-state index is 0.105. The lowest BCUT2D eigenvalue weighted by molar-refractivity contribution is -0.375. The van der Waals surface area contributed by atoms with Crippen LogP contribution < -0.4 is 0 Å². The fourth-order valence-corrected chi connectivity index (χ4v) is 15.2. The monoisotopic (exact) mass is 1140 g/mol. The van der Waals surface area contributed by atoms with E-state index in [4.69, 9.17) is 56.8 Å². The van der Waals surface area contributed by atoms with Crippen molar-refractivity contribution in [3.05, 3.63) is 11.6 Å². The number of fused-ring (bicyclic) bond motifs is 5. The van der Waals surface area contributed by atoms with E-state index >= 15 is 0 Å². The van der Waals surface area contributed by atoms with Crippen LogP contribution in [0, 0.1) is 34.5 Å². The third-order valence-electron chi connectivity index (χ3n) is 19.7. The second-order valence-electron chi connectivity index (χ2n) is 24.5. The van der Waals surface area contributed by atoms with Crippen molar-refractivity contribution in [2.24, 2.45) is 34.5 Å². The van der Waals surface area contributed by atoms with Gasteiger partial charge in [0.2, 0.25) is 0 Å². The van der Waals surface area contributed by atoms with Gasteiger partial charge in [-0.05, 0) is 101 Å². The molecule has 4 aliphatic carbocycles. The van der Waals surface area contributed by atoms with Gasteiger partial charge < -0.3 is 118 Å². The Morgan fingerprint density at radius 1 is 0.658 bits per heavy atom. The van der Waals surface area contributed by atoms with Crippen LogP contribution in [0.1, 0.15) is 99.8 Å². The molecule has 0 bridgehead atoms. The fraction of sp³-hybridized carbons (Fsp3) is 0.944. The number of ether oxygens (including phenoxy) is 12. The molecule has 3 saturated carbocycles. The molecule has 9 aliphatic rings. The first kappa shape index (κ1) is 61.8. The number of methoxy groups -OCH3 is 1. The molecule has 454 valence electrons. The van der Waals surface area contributed by atoms with Crippen molar-refractivity contribution in [2.75, 3.05) is 20.3 Å². The zero-order chi connectivity index (χ0) is 57.3. The first-order valence-corrected chi connectivity index (χ1v) is 28.3. The summed E-state index contributed by atoms with van der Waals surface area (Å²) in [5, 5.41) is 129. The molecule has 25 heteroatoms. The molecule has 9 rings (SSSR count). The van der Waals surface area contributed by atoms with E-state index in [1.54, 1.807) is 21.0 Å². The summed E-state index contributed by atoms with van der Waals surface area (Å²) in [4.78, 5) is 11.9. The van der Waals surface area contributed by atoms with Gasteiger partial charge in [0.25, 0.3) is 0 Å². The van der Waals surface area contributed by atoms with Gasteiger partial charge in [-0.3, -0.25) is 4.79 Å².